The standard InChI is InChI=1S/C22H24O5/c1-13-10-15(3)20(11-14(13)2)22(25)17(5)27-21(24)12-26-19-8-6-18(7-9-19)16(4)23/h6-11,17H,12H2,1-5H3. The Morgan fingerprint density at radius 2 is 1.52 bits per heavy atom. The molecule has 0 N–H and O–H groups in total. The molecule has 0 aliphatic rings. The van der Waals surface area contributed by atoms with Gasteiger partial charge in [0.15, 0.2) is 18.5 Å². The largest absolute Gasteiger partial charge is 0.482 e. The quantitative estimate of drug-likeness (QED) is 0.546. The molecule has 0 fully saturated rings. The summed E-state index contributed by atoms with van der Waals surface area (Å²) in [6.45, 7) is 8.50. The van der Waals surface area contributed by atoms with E-state index < -0.39 is 12.1 Å². The Kier molecular flexibility index (Phi) is 6.50. The fourth-order valence-corrected chi connectivity index (χ4v) is 2.66. The fraction of sp³-hybridized carbons (Fsp3) is 0.318. The number of rotatable bonds is 7. The molecule has 0 aliphatic heterocycles. The van der Waals surface area contributed by atoms with Gasteiger partial charge in [-0.1, -0.05) is 6.07 Å². The van der Waals surface area contributed by atoms with Gasteiger partial charge >= 0.3 is 5.97 Å². The Morgan fingerprint density at radius 1 is 0.926 bits per heavy atom. The normalized spacial score (nSPS) is 11.6. The van der Waals surface area contributed by atoms with E-state index in [2.05, 4.69) is 0 Å². The summed E-state index contributed by atoms with van der Waals surface area (Å²) in [5, 5.41) is 0. The summed E-state index contributed by atoms with van der Waals surface area (Å²) < 4.78 is 10.6. The van der Waals surface area contributed by atoms with Crippen LogP contribution in [0.15, 0.2) is 36.4 Å². The van der Waals surface area contributed by atoms with Crippen molar-refractivity contribution in [2.75, 3.05) is 6.61 Å². The third kappa shape index (κ3) is 5.26. The number of benzene rings is 2. The van der Waals surface area contributed by atoms with Crippen LogP contribution in [-0.4, -0.2) is 30.2 Å². The van der Waals surface area contributed by atoms with Gasteiger partial charge in [-0.2, -0.15) is 0 Å². The van der Waals surface area contributed by atoms with Crippen molar-refractivity contribution in [1.82, 2.24) is 0 Å². The molecule has 0 saturated heterocycles. The van der Waals surface area contributed by atoms with Crippen molar-refractivity contribution in [2.45, 2.75) is 40.7 Å². The molecule has 2 aromatic carbocycles. The second-order valence-electron chi connectivity index (χ2n) is 6.62. The third-order valence-corrected chi connectivity index (χ3v) is 4.40. The molecule has 0 bridgehead atoms. The SMILES string of the molecule is CC(=O)c1ccc(OCC(=O)OC(C)C(=O)c2cc(C)c(C)cc2C)cc1. The summed E-state index contributed by atoms with van der Waals surface area (Å²) in [5.74, 6) is -0.474. The first-order valence-corrected chi connectivity index (χ1v) is 8.74. The highest BCUT2D eigenvalue weighted by molar-refractivity contribution is 6.01. The average molecular weight is 368 g/mol. The molecule has 0 radical (unpaired) electrons. The van der Waals surface area contributed by atoms with Gasteiger partial charge in [-0.15, -0.1) is 0 Å². The van der Waals surface area contributed by atoms with E-state index in [4.69, 9.17) is 9.47 Å². The van der Waals surface area contributed by atoms with Gasteiger partial charge in [0.25, 0.3) is 0 Å². The summed E-state index contributed by atoms with van der Waals surface area (Å²) in [6, 6.07) is 10.2. The van der Waals surface area contributed by atoms with Crippen molar-refractivity contribution in [3.05, 3.63) is 64.2 Å². The van der Waals surface area contributed by atoms with E-state index in [0.717, 1.165) is 16.7 Å². The zero-order valence-corrected chi connectivity index (χ0v) is 16.3. The predicted octanol–water partition coefficient (Wildman–Crippen LogP) is 4.01. The number of ketones is 2. The van der Waals surface area contributed by atoms with Crippen LogP contribution >= 0.6 is 0 Å². The molecule has 0 aromatic heterocycles. The number of hydrogen-bond donors (Lipinski definition) is 0. The number of hydrogen-bond acceptors (Lipinski definition) is 5. The summed E-state index contributed by atoms with van der Waals surface area (Å²) >= 11 is 0. The van der Waals surface area contributed by atoms with E-state index in [1.165, 1.54) is 6.92 Å². The first-order chi connectivity index (χ1) is 12.7. The van der Waals surface area contributed by atoms with Gasteiger partial charge in [-0.05, 0) is 81.6 Å². The first-order valence-electron chi connectivity index (χ1n) is 8.74. The summed E-state index contributed by atoms with van der Waals surface area (Å²) in [6.07, 6.45) is -0.901. The van der Waals surface area contributed by atoms with Gasteiger partial charge in [0, 0.05) is 11.1 Å². The molecule has 2 aromatic rings. The van der Waals surface area contributed by atoms with E-state index in [1.54, 1.807) is 31.2 Å². The lowest BCUT2D eigenvalue weighted by atomic mass is 9.96. The molecule has 27 heavy (non-hydrogen) atoms. The zero-order valence-electron chi connectivity index (χ0n) is 16.3. The van der Waals surface area contributed by atoms with Crippen molar-refractivity contribution in [3.8, 4) is 5.75 Å². The van der Waals surface area contributed by atoms with Crippen LogP contribution < -0.4 is 4.74 Å². The van der Waals surface area contributed by atoms with Crippen molar-refractivity contribution >= 4 is 17.5 Å². The minimum Gasteiger partial charge on any atom is -0.482 e. The lowest BCUT2D eigenvalue weighted by molar-refractivity contribution is -0.148. The summed E-state index contributed by atoms with van der Waals surface area (Å²) in [7, 11) is 0. The highest BCUT2D eigenvalue weighted by Crippen LogP contribution is 2.18. The summed E-state index contributed by atoms with van der Waals surface area (Å²) in [4.78, 5) is 35.8. The number of ether oxygens (including phenoxy) is 2. The molecule has 0 spiro atoms. The Hall–Kier alpha value is -2.95. The lowest BCUT2D eigenvalue weighted by Crippen LogP contribution is -2.27. The maximum Gasteiger partial charge on any atom is 0.344 e. The molecular formula is C22H24O5. The van der Waals surface area contributed by atoms with Gasteiger partial charge in [0.05, 0.1) is 0 Å². The van der Waals surface area contributed by atoms with E-state index in [9.17, 15) is 14.4 Å². The second-order valence-corrected chi connectivity index (χ2v) is 6.62. The average Bonchev–Trinajstić information content (AvgIpc) is 2.62. The van der Waals surface area contributed by atoms with Gasteiger partial charge in [0.1, 0.15) is 5.75 Å². The number of Topliss-reactive ketones (excluding diaryl/α,β-unsaturated/α-hetero) is 2. The van der Waals surface area contributed by atoms with Crippen LogP contribution in [0.25, 0.3) is 0 Å². The molecule has 0 amide bonds. The molecular weight excluding hydrogens is 344 g/mol. The van der Waals surface area contributed by atoms with Crippen LogP contribution in [0.2, 0.25) is 0 Å². The van der Waals surface area contributed by atoms with Gasteiger partial charge in [-0.25, -0.2) is 4.79 Å². The van der Waals surface area contributed by atoms with Crippen LogP contribution in [0, 0.1) is 20.8 Å². The number of carbonyl (C=O) groups excluding carboxylic acids is 3. The molecule has 0 saturated carbocycles. The van der Waals surface area contributed by atoms with Crippen molar-refractivity contribution in [2.24, 2.45) is 0 Å². The second kappa shape index (κ2) is 8.62. The minimum absolute atomic E-state index is 0.0464. The van der Waals surface area contributed by atoms with E-state index in [0.29, 0.717) is 16.9 Å². The molecule has 1 unspecified atom stereocenters. The molecule has 5 heteroatoms. The van der Waals surface area contributed by atoms with E-state index in [1.807, 2.05) is 32.9 Å². The monoisotopic (exact) mass is 368 g/mol. The molecule has 2 rings (SSSR count). The molecule has 1 atom stereocenters. The number of aryl methyl sites for hydroxylation is 3. The van der Waals surface area contributed by atoms with E-state index >= 15 is 0 Å². The fourth-order valence-electron chi connectivity index (χ4n) is 2.66. The topological polar surface area (TPSA) is 69.7 Å². The minimum atomic E-state index is -0.901. The van der Waals surface area contributed by atoms with Crippen molar-refractivity contribution < 1.29 is 23.9 Å². The maximum absolute atomic E-state index is 12.6. The Labute approximate surface area is 159 Å². The number of carbonyl (C=O) groups is 3. The Bertz CT molecular complexity index is 865. The highest BCUT2D eigenvalue weighted by atomic mass is 16.6. The highest BCUT2D eigenvalue weighted by Gasteiger charge is 2.22. The Morgan fingerprint density at radius 3 is 2.11 bits per heavy atom. The van der Waals surface area contributed by atoms with Gasteiger partial charge in [0.2, 0.25) is 5.78 Å². The zero-order chi connectivity index (χ0) is 20.1. The third-order valence-electron chi connectivity index (χ3n) is 4.40. The first kappa shape index (κ1) is 20.4. The Balaban J connectivity index is 1.94. The van der Waals surface area contributed by atoms with Crippen LogP contribution in [0.5, 0.6) is 5.75 Å². The molecule has 0 aliphatic carbocycles. The summed E-state index contributed by atoms with van der Waals surface area (Å²) in [5.41, 5.74) is 4.09. The van der Waals surface area contributed by atoms with Crippen LogP contribution in [0.3, 0.4) is 0 Å². The number of esters is 1. The predicted molar refractivity (Wildman–Crippen MR) is 102 cm³/mol. The molecule has 0 heterocycles. The van der Waals surface area contributed by atoms with Crippen molar-refractivity contribution in [1.29, 1.82) is 0 Å². The molecule has 142 valence electrons. The van der Waals surface area contributed by atoms with E-state index in [-0.39, 0.29) is 18.2 Å². The maximum atomic E-state index is 12.6. The van der Waals surface area contributed by atoms with Gasteiger partial charge in [-0.3, -0.25) is 9.59 Å². The smallest absolute Gasteiger partial charge is 0.344 e. The van der Waals surface area contributed by atoms with Gasteiger partial charge < -0.3 is 9.47 Å². The molecule has 5 nitrogen and oxygen atoms in total. The lowest BCUT2D eigenvalue weighted by Gasteiger charge is -2.15. The van der Waals surface area contributed by atoms with Crippen LogP contribution in [-0.2, 0) is 9.53 Å². The van der Waals surface area contributed by atoms with Crippen LogP contribution in [0.1, 0.15) is 51.3 Å². The van der Waals surface area contributed by atoms with Crippen LogP contribution in [0.4, 0.5) is 0 Å². The van der Waals surface area contributed by atoms with Crippen molar-refractivity contribution in [3.63, 3.8) is 0 Å².